The largest absolute Gasteiger partial charge is 0.493 e. The summed E-state index contributed by atoms with van der Waals surface area (Å²) in [6, 6.07) is 29.8. The minimum atomic E-state index is -0.172. The zero-order valence-electron chi connectivity index (χ0n) is 24.5. The van der Waals surface area contributed by atoms with Crippen molar-refractivity contribution in [2.75, 3.05) is 32.2 Å². The lowest BCUT2D eigenvalue weighted by Gasteiger charge is -2.43. The van der Waals surface area contributed by atoms with Crippen LogP contribution in [-0.2, 0) is 4.79 Å². The second-order valence-corrected chi connectivity index (χ2v) is 13.1. The van der Waals surface area contributed by atoms with Gasteiger partial charge < -0.3 is 19.7 Å². The fraction of sp³-hybridized carbons (Fsp3) is 0.222. The van der Waals surface area contributed by atoms with Crippen LogP contribution in [0.2, 0.25) is 0 Å². The number of methoxy groups -OCH3 is 2. The highest BCUT2D eigenvalue weighted by molar-refractivity contribution is 9.10. The van der Waals surface area contributed by atoms with Gasteiger partial charge in [0, 0.05) is 30.6 Å². The van der Waals surface area contributed by atoms with Gasteiger partial charge in [-0.2, -0.15) is 0 Å². The molecular weight excluding hydrogens is 634 g/mol. The maximum Gasteiger partial charge on any atom is 0.264 e. The molecule has 222 valence electrons. The van der Waals surface area contributed by atoms with E-state index in [1.165, 1.54) is 39.7 Å². The van der Waals surface area contributed by atoms with Crippen LogP contribution in [0, 0.1) is 0 Å². The van der Waals surface area contributed by atoms with E-state index in [0.29, 0.717) is 33.4 Å². The Balaban J connectivity index is 1.29. The van der Waals surface area contributed by atoms with Crippen molar-refractivity contribution in [3.63, 3.8) is 0 Å². The van der Waals surface area contributed by atoms with Crippen LogP contribution < -0.4 is 19.7 Å². The van der Waals surface area contributed by atoms with Crippen LogP contribution in [0.1, 0.15) is 52.5 Å². The molecule has 3 aliphatic rings. The number of carbonyl (C=O) groups is 1. The standard InChI is InChI=1S/C36H32BrN3O3S/c1-42-31-18-22(17-30(37)34(31)43-2)19-32-35(41)39-36(44-32)38-25-20-28-26(23-9-5-3-6-10-23)13-15-40-16-14-27(29(21-25)33(28)40)24-11-7-4-8-12-24/h3-12,17-21,26-27H,13-16H2,1-2H3,(H,38,39,41)/b32-19-/t26-,27-/m0/s1. The molecule has 4 aromatic rings. The number of ether oxygens (including phenoxy) is 2. The van der Waals surface area contributed by atoms with Crippen LogP contribution in [0.4, 0.5) is 11.4 Å². The molecule has 0 unspecified atom stereocenters. The van der Waals surface area contributed by atoms with Gasteiger partial charge in [0.1, 0.15) is 0 Å². The van der Waals surface area contributed by atoms with Gasteiger partial charge in [0.05, 0.1) is 29.3 Å². The van der Waals surface area contributed by atoms with Gasteiger partial charge in [0.15, 0.2) is 16.7 Å². The minimum absolute atomic E-state index is 0.172. The van der Waals surface area contributed by atoms with E-state index >= 15 is 0 Å². The van der Waals surface area contributed by atoms with Crippen molar-refractivity contribution < 1.29 is 14.3 Å². The van der Waals surface area contributed by atoms with Crippen LogP contribution in [0.3, 0.4) is 0 Å². The highest BCUT2D eigenvalue weighted by Crippen LogP contribution is 2.50. The Morgan fingerprint density at radius 3 is 2.07 bits per heavy atom. The lowest BCUT2D eigenvalue weighted by atomic mass is 9.76. The molecule has 0 radical (unpaired) electrons. The van der Waals surface area contributed by atoms with Crippen LogP contribution in [0.5, 0.6) is 11.5 Å². The molecule has 44 heavy (non-hydrogen) atoms. The van der Waals surface area contributed by atoms with E-state index in [4.69, 9.17) is 14.5 Å². The van der Waals surface area contributed by atoms with Crippen molar-refractivity contribution in [3.8, 4) is 11.5 Å². The SMILES string of the molecule is COc1cc(/C=C2\SC(=Nc3cc4c5c(c3)[C@H](c3ccccc3)CCN5CC[C@H]4c3ccccc3)NC2=O)cc(Br)c1OC. The molecule has 0 aromatic heterocycles. The Hall–Kier alpha value is -4.01. The first kappa shape index (κ1) is 28.7. The summed E-state index contributed by atoms with van der Waals surface area (Å²) in [6.07, 6.45) is 3.97. The van der Waals surface area contributed by atoms with E-state index in [0.717, 1.165) is 41.7 Å². The van der Waals surface area contributed by atoms with E-state index < -0.39 is 0 Å². The number of anilines is 1. The fourth-order valence-electron chi connectivity index (χ4n) is 6.67. The summed E-state index contributed by atoms with van der Waals surface area (Å²) in [5.74, 6) is 1.61. The molecule has 6 nitrogen and oxygen atoms in total. The number of amides is 1. The molecule has 0 saturated carbocycles. The van der Waals surface area contributed by atoms with Crippen molar-refractivity contribution in [3.05, 3.63) is 122 Å². The van der Waals surface area contributed by atoms with Gasteiger partial charge in [-0.1, -0.05) is 60.7 Å². The number of benzene rings is 4. The summed E-state index contributed by atoms with van der Waals surface area (Å²) in [5, 5.41) is 3.57. The summed E-state index contributed by atoms with van der Waals surface area (Å²) >= 11 is 4.90. The Morgan fingerprint density at radius 1 is 0.886 bits per heavy atom. The molecule has 1 N–H and O–H groups in total. The molecule has 0 bridgehead atoms. The first-order valence-electron chi connectivity index (χ1n) is 14.8. The number of thioether (sulfide) groups is 1. The summed E-state index contributed by atoms with van der Waals surface area (Å²) in [7, 11) is 3.19. The van der Waals surface area contributed by atoms with Crippen molar-refractivity contribution in [1.29, 1.82) is 0 Å². The molecule has 8 heteroatoms. The Morgan fingerprint density at radius 2 is 1.50 bits per heavy atom. The Labute approximate surface area is 270 Å². The average molecular weight is 667 g/mol. The fourth-order valence-corrected chi connectivity index (χ4v) is 8.14. The first-order chi connectivity index (χ1) is 21.5. The Kier molecular flexibility index (Phi) is 7.95. The summed E-state index contributed by atoms with van der Waals surface area (Å²) < 4.78 is 11.7. The third kappa shape index (κ3) is 5.41. The predicted molar refractivity (Wildman–Crippen MR) is 183 cm³/mol. The van der Waals surface area contributed by atoms with Gasteiger partial charge in [0.25, 0.3) is 5.91 Å². The van der Waals surface area contributed by atoms with E-state index in [1.54, 1.807) is 14.2 Å². The van der Waals surface area contributed by atoms with Crippen molar-refractivity contribution >= 4 is 56.2 Å². The third-order valence-electron chi connectivity index (χ3n) is 8.64. The molecule has 0 aliphatic carbocycles. The highest BCUT2D eigenvalue weighted by atomic mass is 79.9. The average Bonchev–Trinajstić information content (AvgIpc) is 3.39. The van der Waals surface area contributed by atoms with Crippen LogP contribution in [0.15, 0.2) is 99.3 Å². The first-order valence-corrected chi connectivity index (χ1v) is 16.4. The zero-order chi connectivity index (χ0) is 30.2. The van der Waals surface area contributed by atoms with Crippen LogP contribution in [0.25, 0.3) is 6.08 Å². The van der Waals surface area contributed by atoms with Gasteiger partial charge in [-0.3, -0.25) is 4.79 Å². The molecule has 1 fully saturated rings. The molecule has 0 spiro atoms. The number of carbonyl (C=O) groups excluding carboxylic acids is 1. The highest BCUT2D eigenvalue weighted by Gasteiger charge is 2.35. The van der Waals surface area contributed by atoms with E-state index in [1.807, 2.05) is 18.2 Å². The monoisotopic (exact) mass is 665 g/mol. The molecular formula is C36H32BrN3O3S. The van der Waals surface area contributed by atoms with Crippen molar-refractivity contribution in [2.24, 2.45) is 4.99 Å². The van der Waals surface area contributed by atoms with E-state index in [2.05, 4.69) is 98.9 Å². The maximum absolute atomic E-state index is 13.1. The second-order valence-electron chi connectivity index (χ2n) is 11.2. The molecule has 3 aliphatic heterocycles. The van der Waals surface area contributed by atoms with Gasteiger partial charge >= 0.3 is 0 Å². The van der Waals surface area contributed by atoms with E-state index in [9.17, 15) is 4.79 Å². The van der Waals surface area contributed by atoms with Gasteiger partial charge in [-0.25, -0.2) is 4.99 Å². The van der Waals surface area contributed by atoms with Gasteiger partial charge in [0.2, 0.25) is 0 Å². The lowest BCUT2D eigenvalue weighted by molar-refractivity contribution is -0.115. The number of hydrogen-bond acceptors (Lipinski definition) is 6. The molecule has 1 amide bonds. The molecule has 4 aromatic carbocycles. The van der Waals surface area contributed by atoms with Crippen LogP contribution >= 0.6 is 27.7 Å². The minimum Gasteiger partial charge on any atom is -0.493 e. The number of hydrogen-bond donors (Lipinski definition) is 1. The number of halogens is 1. The van der Waals surface area contributed by atoms with E-state index in [-0.39, 0.29) is 5.91 Å². The van der Waals surface area contributed by atoms with Crippen molar-refractivity contribution in [1.82, 2.24) is 5.32 Å². The van der Waals surface area contributed by atoms with Crippen LogP contribution in [-0.4, -0.2) is 38.4 Å². The quantitative estimate of drug-likeness (QED) is 0.210. The number of amidine groups is 1. The molecule has 2 atom stereocenters. The number of nitrogens with zero attached hydrogens (tertiary/aromatic N) is 2. The van der Waals surface area contributed by atoms with Gasteiger partial charge in [-0.05, 0) is 98.7 Å². The normalized spacial score (nSPS) is 20.9. The predicted octanol–water partition coefficient (Wildman–Crippen LogP) is 8.24. The second kappa shape index (κ2) is 12.2. The smallest absolute Gasteiger partial charge is 0.264 e. The lowest BCUT2D eigenvalue weighted by Crippen LogP contribution is -2.37. The summed E-state index contributed by atoms with van der Waals surface area (Å²) in [6.45, 7) is 2.09. The number of nitrogens with one attached hydrogen (secondary N) is 1. The summed E-state index contributed by atoms with van der Waals surface area (Å²) in [5.41, 5.74) is 8.34. The molecule has 3 heterocycles. The Bertz CT molecular complexity index is 1720. The third-order valence-corrected chi connectivity index (χ3v) is 10.1. The van der Waals surface area contributed by atoms with Crippen molar-refractivity contribution in [2.45, 2.75) is 24.7 Å². The molecule has 7 rings (SSSR count). The topological polar surface area (TPSA) is 63.2 Å². The zero-order valence-corrected chi connectivity index (χ0v) is 27.0. The summed E-state index contributed by atoms with van der Waals surface area (Å²) in [4.78, 5) is 21.2. The molecule has 1 saturated heterocycles. The maximum atomic E-state index is 13.1. The number of aliphatic imine (C=N–C) groups is 1. The number of rotatable bonds is 6. The van der Waals surface area contributed by atoms with Gasteiger partial charge in [-0.15, -0.1) is 0 Å².